The monoisotopic (exact) mass is 450 g/mol. The molecule has 4 rings (SSSR count). The number of rotatable bonds is 5. The number of anilines is 1. The lowest BCUT2D eigenvalue weighted by molar-refractivity contribution is 0.102. The standard InChI is InChI=1S/C22H19BrN4O2/c1-14-11-17(6-9-19(14)23)24-22(28)16-5-10-21-20(12-16)25-26-27(21)13-15-3-7-18(29-2)8-4-15/h3-12H,13H2,1-2H3,(H,24,28). The first kappa shape index (κ1) is 19.1. The molecule has 0 bridgehead atoms. The summed E-state index contributed by atoms with van der Waals surface area (Å²) in [5.74, 6) is 0.632. The minimum absolute atomic E-state index is 0.182. The molecule has 4 aromatic rings. The van der Waals surface area contributed by atoms with Crippen LogP contribution in [-0.2, 0) is 6.54 Å². The van der Waals surface area contributed by atoms with Crippen LogP contribution in [0.4, 0.5) is 5.69 Å². The number of fused-ring (bicyclic) bond motifs is 1. The third-order valence-electron chi connectivity index (χ3n) is 4.68. The SMILES string of the molecule is COc1ccc(Cn2nnc3cc(C(=O)Nc4ccc(Br)c(C)c4)ccc32)cc1. The number of carbonyl (C=O) groups excluding carboxylic acids is 1. The van der Waals surface area contributed by atoms with Crippen molar-refractivity contribution >= 4 is 38.6 Å². The molecule has 3 aromatic carbocycles. The maximum absolute atomic E-state index is 12.6. The number of nitrogens with zero attached hydrogens (tertiary/aromatic N) is 3. The number of hydrogen-bond acceptors (Lipinski definition) is 4. The summed E-state index contributed by atoms with van der Waals surface area (Å²) in [5.41, 5.74) is 4.98. The number of methoxy groups -OCH3 is 1. The summed E-state index contributed by atoms with van der Waals surface area (Å²) < 4.78 is 8.01. The number of benzene rings is 3. The van der Waals surface area contributed by atoms with Crippen molar-refractivity contribution in [2.45, 2.75) is 13.5 Å². The number of carbonyl (C=O) groups is 1. The molecule has 0 aliphatic rings. The van der Waals surface area contributed by atoms with E-state index >= 15 is 0 Å². The molecule has 29 heavy (non-hydrogen) atoms. The van der Waals surface area contributed by atoms with Crippen molar-refractivity contribution in [3.8, 4) is 5.75 Å². The van der Waals surface area contributed by atoms with Crippen molar-refractivity contribution in [2.75, 3.05) is 12.4 Å². The molecule has 0 saturated carbocycles. The van der Waals surface area contributed by atoms with Crippen LogP contribution >= 0.6 is 15.9 Å². The van der Waals surface area contributed by atoms with Gasteiger partial charge < -0.3 is 10.1 Å². The maximum atomic E-state index is 12.6. The topological polar surface area (TPSA) is 69.0 Å². The predicted molar refractivity (Wildman–Crippen MR) is 116 cm³/mol. The van der Waals surface area contributed by atoms with E-state index in [1.807, 2.05) is 60.1 Å². The van der Waals surface area contributed by atoms with Crippen LogP contribution in [0.1, 0.15) is 21.5 Å². The largest absolute Gasteiger partial charge is 0.497 e. The van der Waals surface area contributed by atoms with E-state index in [4.69, 9.17) is 4.74 Å². The van der Waals surface area contributed by atoms with E-state index in [1.165, 1.54) is 0 Å². The molecule has 1 amide bonds. The number of ether oxygens (including phenoxy) is 1. The fraction of sp³-hybridized carbons (Fsp3) is 0.136. The summed E-state index contributed by atoms with van der Waals surface area (Å²) in [6, 6.07) is 18.9. The molecular weight excluding hydrogens is 432 g/mol. The third kappa shape index (κ3) is 4.14. The smallest absolute Gasteiger partial charge is 0.255 e. The summed E-state index contributed by atoms with van der Waals surface area (Å²) in [4.78, 5) is 12.6. The second-order valence-corrected chi connectivity index (χ2v) is 7.57. The number of nitrogens with one attached hydrogen (secondary N) is 1. The van der Waals surface area contributed by atoms with E-state index in [0.717, 1.165) is 32.6 Å². The zero-order valence-electron chi connectivity index (χ0n) is 16.0. The first-order valence-corrected chi connectivity index (χ1v) is 9.86. The molecule has 7 heteroatoms. The Bertz CT molecular complexity index is 1190. The molecule has 1 aromatic heterocycles. The molecule has 0 radical (unpaired) electrons. The van der Waals surface area contributed by atoms with Crippen LogP contribution in [0.5, 0.6) is 5.75 Å². The van der Waals surface area contributed by atoms with Gasteiger partial charge in [0.1, 0.15) is 11.3 Å². The lowest BCUT2D eigenvalue weighted by Gasteiger charge is -2.08. The van der Waals surface area contributed by atoms with Gasteiger partial charge in [-0.3, -0.25) is 4.79 Å². The summed E-state index contributed by atoms with van der Waals surface area (Å²) >= 11 is 3.46. The van der Waals surface area contributed by atoms with Gasteiger partial charge in [0.15, 0.2) is 0 Å². The molecule has 0 spiro atoms. The number of halogens is 1. The highest BCUT2D eigenvalue weighted by Gasteiger charge is 2.11. The Labute approximate surface area is 176 Å². The Kier molecular flexibility index (Phi) is 5.31. The lowest BCUT2D eigenvalue weighted by atomic mass is 10.1. The van der Waals surface area contributed by atoms with E-state index in [9.17, 15) is 4.79 Å². The van der Waals surface area contributed by atoms with Crippen LogP contribution < -0.4 is 10.1 Å². The van der Waals surface area contributed by atoms with Crippen molar-refractivity contribution in [3.63, 3.8) is 0 Å². The Hall–Kier alpha value is -3.19. The maximum Gasteiger partial charge on any atom is 0.255 e. The molecule has 0 aliphatic heterocycles. The quantitative estimate of drug-likeness (QED) is 0.473. The molecule has 0 atom stereocenters. The highest BCUT2D eigenvalue weighted by Crippen LogP contribution is 2.21. The van der Waals surface area contributed by atoms with Gasteiger partial charge in [-0.1, -0.05) is 33.3 Å². The van der Waals surface area contributed by atoms with Gasteiger partial charge in [0.25, 0.3) is 5.91 Å². The average Bonchev–Trinajstić information content (AvgIpc) is 3.13. The summed E-state index contributed by atoms with van der Waals surface area (Å²) in [5, 5.41) is 11.4. The van der Waals surface area contributed by atoms with Crippen molar-refractivity contribution in [1.82, 2.24) is 15.0 Å². The lowest BCUT2D eigenvalue weighted by Crippen LogP contribution is -2.12. The highest BCUT2D eigenvalue weighted by atomic mass is 79.9. The van der Waals surface area contributed by atoms with E-state index in [-0.39, 0.29) is 5.91 Å². The first-order chi connectivity index (χ1) is 14.0. The van der Waals surface area contributed by atoms with Crippen molar-refractivity contribution in [3.05, 3.63) is 81.8 Å². The van der Waals surface area contributed by atoms with Crippen molar-refractivity contribution in [1.29, 1.82) is 0 Å². The molecule has 1 N–H and O–H groups in total. The molecule has 146 valence electrons. The summed E-state index contributed by atoms with van der Waals surface area (Å²) in [6.45, 7) is 2.57. The Balaban J connectivity index is 1.53. The number of amides is 1. The Morgan fingerprint density at radius 2 is 1.90 bits per heavy atom. The molecule has 0 saturated heterocycles. The fourth-order valence-electron chi connectivity index (χ4n) is 3.06. The molecule has 1 heterocycles. The third-order valence-corrected chi connectivity index (χ3v) is 5.57. The minimum Gasteiger partial charge on any atom is -0.497 e. The van der Waals surface area contributed by atoms with Crippen LogP contribution in [0, 0.1) is 6.92 Å². The van der Waals surface area contributed by atoms with Crippen LogP contribution in [0.15, 0.2) is 65.1 Å². The van der Waals surface area contributed by atoms with E-state index in [1.54, 1.807) is 19.2 Å². The van der Waals surface area contributed by atoms with Crippen molar-refractivity contribution in [2.24, 2.45) is 0 Å². The van der Waals surface area contributed by atoms with Gasteiger partial charge in [-0.2, -0.15) is 0 Å². The van der Waals surface area contributed by atoms with Gasteiger partial charge >= 0.3 is 0 Å². The van der Waals surface area contributed by atoms with Gasteiger partial charge in [0, 0.05) is 15.7 Å². The Morgan fingerprint density at radius 1 is 1.10 bits per heavy atom. The zero-order chi connectivity index (χ0) is 20.4. The van der Waals surface area contributed by atoms with E-state index in [0.29, 0.717) is 17.6 Å². The van der Waals surface area contributed by atoms with Gasteiger partial charge in [-0.15, -0.1) is 5.10 Å². The van der Waals surface area contributed by atoms with Crippen LogP contribution in [0.25, 0.3) is 11.0 Å². The van der Waals surface area contributed by atoms with Crippen LogP contribution in [0.3, 0.4) is 0 Å². The summed E-state index contributed by atoms with van der Waals surface area (Å²) in [6.07, 6.45) is 0. The highest BCUT2D eigenvalue weighted by molar-refractivity contribution is 9.10. The normalized spacial score (nSPS) is 10.9. The average molecular weight is 451 g/mol. The number of hydrogen-bond donors (Lipinski definition) is 1. The molecule has 0 aliphatic carbocycles. The zero-order valence-corrected chi connectivity index (χ0v) is 17.6. The van der Waals surface area contributed by atoms with Gasteiger partial charge in [-0.05, 0) is 66.6 Å². The number of aryl methyl sites for hydroxylation is 1. The minimum atomic E-state index is -0.182. The second-order valence-electron chi connectivity index (χ2n) is 6.72. The summed E-state index contributed by atoms with van der Waals surface area (Å²) in [7, 11) is 1.64. The van der Waals surface area contributed by atoms with Crippen molar-refractivity contribution < 1.29 is 9.53 Å². The first-order valence-electron chi connectivity index (χ1n) is 9.07. The molecule has 0 unspecified atom stereocenters. The van der Waals surface area contributed by atoms with Gasteiger partial charge in [0.05, 0.1) is 19.2 Å². The molecular formula is C22H19BrN4O2. The number of aromatic nitrogens is 3. The fourth-order valence-corrected chi connectivity index (χ4v) is 3.31. The second kappa shape index (κ2) is 8.05. The van der Waals surface area contributed by atoms with Crippen LogP contribution in [-0.4, -0.2) is 28.0 Å². The Morgan fingerprint density at radius 3 is 2.62 bits per heavy atom. The molecule has 6 nitrogen and oxygen atoms in total. The van der Waals surface area contributed by atoms with E-state index < -0.39 is 0 Å². The van der Waals surface area contributed by atoms with Gasteiger partial charge in [0.2, 0.25) is 0 Å². The van der Waals surface area contributed by atoms with Crippen LogP contribution in [0.2, 0.25) is 0 Å². The van der Waals surface area contributed by atoms with E-state index in [2.05, 4.69) is 31.6 Å². The van der Waals surface area contributed by atoms with Gasteiger partial charge in [-0.25, -0.2) is 4.68 Å². The molecule has 0 fully saturated rings. The predicted octanol–water partition coefficient (Wildman–Crippen LogP) is 4.81.